The third kappa shape index (κ3) is 4.40. The largest absolute Gasteiger partial charge is 0.497 e. The van der Waals surface area contributed by atoms with Crippen LogP contribution in [-0.2, 0) is 9.84 Å². The number of aromatic nitrogens is 1. The molecule has 1 N–H and O–H groups in total. The van der Waals surface area contributed by atoms with Crippen molar-refractivity contribution in [2.45, 2.75) is 9.79 Å². The predicted molar refractivity (Wildman–Crippen MR) is 128 cm³/mol. The van der Waals surface area contributed by atoms with Crippen LogP contribution in [0.4, 0.5) is 11.4 Å². The Kier molecular flexibility index (Phi) is 6.31. The summed E-state index contributed by atoms with van der Waals surface area (Å²) >= 11 is 5.96. The number of anilines is 2. The highest BCUT2D eigenvalue weighted by molar-refractivity contribution is 7.91. The van der Waals surface area contributed by atoms with Gasteiger partial charge in [-0.3, -0.25) is 4.98 Å². The molecule has 7 nitrogen and oxygen atoms in total. The molecule has 0 atom stereocenters. The fraction of sp³-hybridized carbons (Fsp3) is 0.125. The van der Waals surface area contributed by atoms with Gasteiger partial charge in [-0.25, -0.2) is 8.42 Å². The summed E-state index contributed by atoms with van der Waals surface area (Å²) in [5, 5.41) is 4.23. The van der Waals surface area contributed by atoms with Crippen molar-refractivity contribution in [3.8, 4) is 17.2 Å². The topological polar surface area (TPSA) is 86.8 Å². The van der Waals surface area contributed by atoms with Gasteiger partial charge in [0.2, 0.25) is 9.84 Å². The van der Waals surface area contributed by atoms with Crippen LogP contribution in [0.15, 0.2) is 76.7 Å². The Hall–Kier alpha value is -3.49. The lowest BCUT2D eigenvalue weighted by Gasteiger charge is -2.17. The lowest BCUT2D eigenvalue weighted by molar-refractivity contribution is 0.356. The number of methoxy groups -OCH3 is 3. The molecular formula is C24H21ClN2O5S. The number of hydrogen-bond acceptors (Lipinski definition) is 7. The average Bonchev–Trinajstić information content (AvgIpc) is 2.83. The molecule has 0 fully saturated rings. The minimum atomic E-state index is -3.94. The molecule has 0 aliphatic carbocycles. The van der Waals surface area contributed by atoms with E-state index in [4.69, 9.17) is 25.8 Å². The number of sulfone groups is 1. The van der Waals surface area contributed by atoms with Gasteiger partial charge in [-0.15, -0.1) is 0 Å². The van der Waals surface area contributed by atoms with Crippen molar-refractivity contribution < 1.29 is 22.6 Å². The first-order chi connectivity index (χ1) is 15.9. The SMILES string of the molecule is COc1cccc(Nc2c(S(=O)(=O)c3ccc(Cl)cc3)cnc3cc(OC)c(OC)cc23)c1. The maximum absolute atomic E-state index is 13.6. The van der Waals surface area contributed by atoms with Crippen molar-refractivity contribution in [2.75, 3.05) is 26.6 Å². The van der Waals surface area contributed by atoms with Crippen LogP contribution in [0.5, 0.6) is 17.2 Å². The van der Waals surface area contributed by atoms with E-state index in [9.17, 15) is 8.42 Å². The van der Waals surface area contributed by atoms with Crippen LogP contribution in [-0.4, -0.2) is 34.7 Å². The van der Waals surface area contributed by atoms with E-state index in [0.29, 0.717) is 44.5 Å². The van der Waals surface area contributed by atoms with Gasteiger partial charge in [0.25, 0.3) is 0 Å². The molecule has 0 aliphatic heterocycles. The van der Waals surface area contributed by atoms with E-state index in [1.807, 2.05) is 12.1 Å². The highest BCUT2D eigenvalue weighted by atomic mass is 35.5. The van der Waals surface area contributed by atoms with Crippen LogP contribution >= 0.6 is 11.6 Å². The Morgan fingerprint density at radius 3 is 2.24 bits per heavy atom. The molecule has 1 aromatic heterocycles. The predicted octanol–water partition coefficient (Wildman–Crippen LogP) is 5.49. The van der Waals surface area contributed by atoms with Crippen molar-refractivity contribution in [1.82, 2.24) is 4.98 Å². The summed E-state index contributed by atoms with van der Waals surface area (Å²) < 4.78 is 43.3. The molecule has 3 aromatic carbocycles. The molecule has 0 saturated carbocycles. The van der Waals surface area contributed by atoms with E-state index in [1.165, 1.54) is 44.7 Å². The Balaban J connectivity index is 1.99. The van der Waals surface area contributed by atoms with Crippen LogP contribution < -0.4 is 19.5 Å². The van der Waals surface area contributed by atoms with Crippen molar-refractivity contribution in [1.29, 1.82) is 0 Å². The van der Waals surface area contributed by atoms with Gasteiger partial charge in [0.15, 0.2) is 11.5 Å². The molecule has 170 valence electrons. The quantitative estimate of drug-likeness (QED) is 0.371. The number of nitrogens with one attached hydrogen (secondary N) is 1. The molecule has 0 bridgehead atoms. The Morgan fingerprint density at radius 2 is 1.58 bits per heavy atom. The summed E-state index contributed by atoms with van der Waals surface area (Å²) in [4.78, 5) is 4.51. The van der Waals surface area contributed by atoms with Crippen molar-refractivity contribution >= 4 is 43.7 Å². The third-order valence-electron chi connectivity index (χ3n) is 5.09. The second-order valence-electron chi connectivity index (χ2n) is 7.04. The van der Waals surface area contributed by atoms with Crippen molar-refractivity contribution in [3.05, 3.63) is 71.9 Å². The molecule has 0 amide bonds. The lowest BCUT2D eigenvalue weighted by Crippen LogP contribution is -2.07. The first-order valence-electron chi connectivity index (χ1n) is 9.84. The van der Waals surface area contributed by atoms with Crippen LogP contribution in [0.1, 0.15) is 0 Å². The number of benzene rings is 3. The molecule has 0 saturated heterocycles. The first-order valence-corrected chi connectivity index (χ1v) is 11.7. The number of fused-ring (bicyclic) bond motifs is 1. The normalized spacial score (nSPS) is 11.3. The van der Waals surface area contributed by atoms with Gasteiger partial charge < -0.3 is 19.5 Å². The minimum Gasteiger partial charge on any atom is -0.497 e. The first kappa shape index (κ1) is 22.7. The standard InChI is InChI=1S/C24H21ClN2O5S/c1-30-17-6-4-5-16(11-17)27-24-19-12-21(31-2)22(32-3)13-20(19)26-14-23(24)33(28,29)18-9-7-15(25)8-10-18/h4-14H,1-3H3,(H,26,27). The summed E-state index contributed by atoms with van der Waals surface area (Å²) in [5.41, 5.74) is 1.53. The number of halogens is 1. The average molecular weight is 485 g/mol. The fourth-order valence-corrected chi connectivity index (χ4v) is 4.91. The van der Waals surface area contributed by atoms with Crippen LogP contribution in [0.25, 0.3) is 10.9 Å². The second-order valence-corrected chi connectivity index (χ2v) is 9.39. The summed E-state index contributed by atoms with van der Waals surface area (Å²) in [6.45, 7) is 0. The second kappa shape index (κ2) is 9.17. The van der Waals surface area contributed by atoms with Crippen LogP contribution in [0.2, 0.25) is 5.02 Å². The van der Waals surface area contributed by atoms with E-state index in [-0.39, 0.29) is 9.79 Å². The molecular weight excluding hydrogens is 464 g/mol. The van der Waals surface area contributed by atoms with E-state index in [2.05, 4.69) is 10.3 Å². The summed E-state index contributed by atoms with van der Waals surface area (Å²) in [6.07, 6.45) is 1.33. The van der Waals surface area contributed by atoms with Gasteiger partial charge in [0, 0.05) is 34.4 Å². The number of nitrogens with zero attached hydrogens (tertiary/aromatic N) is 1. The van der Waals surface area contributed by atoms with Crippen molar-refractivity contribution in [3.63, 3.8) is 0 Å². The van der Waals surface area contributed by atoms with Gasteiger partial charge in [-0.2, -0.15) is 0 Å². The fourth-order valence-electron chi connectivity index (χ4n) is 3.42. The summed E-state index contributed by atoms with van der Waals surface area (Å²) in [5.74, 6) is 1.55. The summed E-state index contributed by atoms with van der Waals surface area (Å²) in [6, 6.07) is 16.6. The van der Waals surface area contributed by atoms with Gasteiger partial charge >= 0.3 is 0 Å². The number of ether oxygens (including phenoxy) is 3. The number of hydrogen-bond donors (Lipinski definition) is 1. The van der Waals surface area contributed by atoms with Gasteiger partial charge in [0.05, 0.1) is 37.4 Å². The lowest BCUT2D eigenvalue weighted by atomic mass is 10.1. The molecule has 0 unspecified atom stereocenters. The maximum Gasteiger partial charge on any atom is 0.210 e. The maximum atomic E-state index is 13.6. The highest BCUT2D eigenvalue weighted by Crippen LogP contribution is 2.40. The zero-order chi connectivity index (χ0) is 23.6. The molecule has 4 rings (SSSR count). The monoisotopic (exact) mass is 484 g/mol. The molecule has 0 aliphatic rings. The van der Waals surface area contributed by atoms with Gasteiger partial charge in [-0.1, -0.05) is 17.7 Å². The molecule has 4 aromatic rings. The molecule has 33 heavy (non-hydrogen) atoms. The van der Waals surface area contributed by atoms with Crippen LogP contribution in [0.3, 0.4) is 0 Å². The highest BCUT2D eigenvalue weighted by Gasteiger charge is 2.25. The smallest absolute Gasteiger partial charge is 0.210 e. The molecule has 9 heteroatoms. The minimum absolute atomic E-state index is 0.00682. The van der Waals surface area contributed by atoms with E-state index in [0.717, 1.165) is 0 Å². The molecule has 1 heterocycles. The number of rotatable bonds is 7. The Morgan fingerprint density at radius 1 is 0.879 bits per heavy atom. The van der Waals surface area contributed by atoms with E-state index < -0.39 is 9.84 Å². The molecule has 0 spiro atoms. The number of pyridine rings is 1. The van der Waals surface area contributed by atoms with Crippen molar-refractivity contribution in [2.24, 2.45) is 0 Å². The van der Waals surface area contributed by atoms with Gasteiger partial charge in [0.1, 0.15) is 10.6 Å². The molecule has 0 radical (unpaired) electrons. The zero-order valence-electron chi connectivity index (χ0n) is 18.1. The van der Waals surface area contributed by atoms with Gasteiger partial charge in [-0.05, 0) is 42.5 Å². The van der Waals surface area contributed by atoms with E-state index >= 15 is 0 Å². The summed E-state index contributed by atoms with van der Waals surface area (Å²) in [7, 11) is 0.669. The Labute approximate surface area is 196 Å². The van der Waals surface area contributed by atoms with Crippen LogP contribution in [0, 0.1) is 0 Å². The third-order valence-corrected chi connectivity index (χ3v) is 7.12. The van der Waals surface area contributed by atoms with E-state index in [1.54, 1.807) is 31.4 Å². The zero-order valence-corrected chi connectivity index (χ0v) is 19.7. The Bertz CT molecular complexity index is 1420.